The van der Waals surface area contributed by atoms with Gasteiger partial charge in [0.25, 0.3) is 0 Å². The molecule has 1 aliphatic carbocycles. The highest BCUT2D eigenvalue weighted by atomic mass is 16.5. The van der Waals surface area contributed by atoms with Crippen LogP contribution in [0.25, 0.3) is 11.4 Å². The number of unbranched alkanes of at least 4 members (excludes halogenated alkanes) is 1. The van der Waals surface area contributed by atoms with E-state index in [1.807, 2.05) is 4.57 Å². The van der Waals surface area contributed by atoms with E-state index in [0.29, 0.717) is 57.7 Å². The molecule has 0 saturated heterocycles. The maximum absolute atomic E-state index is 13.5. The highest BCUT2D eigenvalue weighted by molar-refractivity contribution is 6.29. The van der Waals surface area contributed by atoms with Crippen molar-refractivity contribution in [1.82, 2.24) is 9.55 Å². The Labute approximate surface area is 186 Å². The maximum atomic E-state index is 13.5. The van der Waals surface area contributed by atoms with E-state index in [2.05, 4.69) is 12.1 Å². The van der Waals surface area contributed by atoms with Gasteiger partial charge in [0.15, 0.2) is 11.5 Å². The van der Waals surface area contributed by atoms with Crippen molar-refractivity contribution in [3.63, 3.8) is 0 Å². The zero-order valence-corrected chi connectivity index (χ0v) is 18.5. The maximum Gasteiger partial charge on any atom is 0.212 e. The van der Waals surface area contributed by atoms with Gasteiger partial charge in [-0.1, -0.05) is 42.8 Å². The van der Waals surface area contributed by atoms with Gasteiger partial charge < -0.3 is 24.0 Å². The molecule has 4 rings (SSSR count). The molecule has 1 aromatic heterocycles. The van der Waals surface area contributed by atoms with Crippen LogP contribution in [-0.4, -0.2) is 47.6 Å². The first-order chi connectivity index (χ1) is 15.6. The van der Waals surface area contributed by atoms with E-state index in [-0.39, 0.29) is 11.5 Å². The van der Waals surface area contributed by atoms with Crippen LogP contribution in [0.15, 0.2) is 41.6 Å². The third kappa shape index (κ3) is 3.28. The number of benzene rings is 2. The first-order valence-corrected chi connectivity index (χ1v) is 10.4. The highest BCUT2D eigenvalue weighted by Gasteiger charge is 2.35. The van der Waals surface area contributed by atoms with E-state index in [1.54, 1.807) is 57.7 Å². The van der Waals surface area contributed by atoms with Crippen molar-refractivity contribution in [3.05, 3.63) is 58.9 Å². The van der Waals surface area contributed by atoms with E-state index in [9.17, 15) is 10.0 Å². The van der Waals surface area contributed by atoms with Gasteiger partial charge in [0.2, 0.25) is 11.5 Å². The number of imidazole rings is 1. The molecule has 0 radical (unpaired) electrons. The molecule has 1 N–H and O–H groups in total. The molecule has 1 aliphatic rings. The number of nitrogens with zero attached hydrogens (tertiary/aromatic N) is 3. The van der Waals surface area contributed by atoms with Crippen molar-refractivity contribution in [2.24, 2.45) is 5.16 Å². The number of aromatic nitrogens is 2. The summed E-state index contributed by atoms with van der Waals surface area (Å²) in [6.07, 6.45) is 1.79. The Bertz CT molecular complexity index is 1190. The molecule has 0 atom stereocenters. The molecule has 0 spiro atoms. The lowest BCUT2D eigenvalue weighted by molar-refractivity contribution is 0.102. The van der Waals surface area contributed by atoms with Gasteiger partial charge >= 0.3 is 0 Å². The van der Waals surface area contributed by atoms with Crippen molar-refractivity contribution in [2.45, 2.75) is 26.3 Å². The van der Waals surface area contributed by atoms with Crippen molar-refractivity contribution in [1.29, 1.82) is 0 Å². The largest absolute Gasteiger partial charge is 0.493 e. The van der Waals surface area contributed by atoms with Gasteiger partial charge in [-0.15, -0.1) is 0 Å². The second kappa shape index (κ2) is 8.74. The minimum Gasteiger partial charge on any atom is -0.493 e. The third-order valence-corrected chi connectivity index (χ3v) is 5.59. The summed E-state index contributed by atoms with van der Waals surface area (Å²) in [6, 6.07) is 10.7. The van der Waals surface area contributed by atoms with Crippen molar-refractivity contribution in [2.75, 3.05) is 21.3 Å². The smallest absolute Gasteiger partial charge is 0.212 e. The van der Waals surface area contributed by atoms with Crippen molar-refractivity contribution in [3.8, 4) is 28.6 Å². The summed E-state index contributed by atoms with van der Waals surface area (Å²) in [5, 5.41) is 13.3. The molecule has 1 heterocycles. The molecule has 0 unspecified atom stereocenters. The lowest BCUT2D eigenvalue weighted by Crippen LogP contribution is -2.24. The lowest BCUT2D eigenvalue weighted by atomic mass is 9.89. The molecule has 8 heteroatoms. The Kier molecular flexibility index (Phi) is 5.85. The van der Waals surface area contributed by atoms with Gasteiger partial charge in [0, 0.05) is 23.2 Å². The summed E-state index contributed by atoms with van der Waals surface area (Å²) in [5.41, 5.74) is 2.79. The first-order valence-electron chi connectivity index (χ1n) is 10.4. The van der Waals surface area contributed by atoms with Gasteiger partial charge in [0.1, 0.15) is 22.9 Å². The summed E-state index contributed by atoms with van der Waals surface area (Å²) in [6.45, 7) is 2.66. The fraction of sp³-hybridized carbons (Fsp3) is 0.292. The van der Waals surface area contributed by atoms with Crippen LogP contribution < -0.4 is 14.2 Å². The summed E-state index contributed by atoms with van der Waals surface area (Å²) in [4.78, 5) is 18.3. The molecule has 2 aromatic carbocycles. The topological polar surface area (TPSA) is 95.2 Å². The standard InChI is InChI=1S/C24H25N3O5/c1-5-6-11-27-21-20(19(26-29)15-9-7-8-10-16(15)22(21)28)25-24(27)14-12-17(30-2)23(32-4)18(13-14)31-3/h7-10,12-13,29H,5-6,11H2,1-4H3. The van der Waals surface area contributed by atoms with Crippen LogP contribution in [0.3, 0.4) is 0 Å². The van der Waals surface area contributed by atoms with Crippen LogP contribution >= 0.6 is 0 Å². The van der Waals surface area contributed by atoms with Crippen LogP contribution in [-0.2, 0) is 6.54 Å². The molecule has 0 saturated carbocycles. The molecule has 0 bridgehead atoms. The fourth-order valence-corrected chi connectivity index (χ4v) is 4.06. The van der Waals surface area contributed by atoms with Crippen LogP contribution in [0.1, 0.15) is 47.1 Å². The number of rotatable bonds is 7. The molecule has 166 valence electrons. The summed E-state index contributed by atoms with van der Waals surface area (Å²) < 4.78 is 18.3. The fourth-order valence-electron chi connectivity index (χ4n) is 4.06. The first kappa shape index (κ1) is 21.4. The number of methoxy groups -OCH3 is 3. The van der Waals surface area contributed by atoms with Crippen molar-refractivity contribution >= 4 is 11.5 Å². The Morgan fingerprint density at radius 1 is 1.03 bits per heavy atom. The predicted octanol–water partition coefficient (Wildman–Crippen LogP) is 4.15. The molecule has 0 fully saturated rings. The molecule has 32 heavy (non-hydrogen) atoms. The number of ketones is 1. The van der Waals surface area contributed by atoms with Crippen LogP contribution in [0.4, 0.5) is 0 Å². The predicted molar refractivity (Wildman–Crippen MR) is 120 cm³/mol. The van der Waals surface area contributed by atoms with E-state index in [1.165, 1.54) is 0 Å². The molecular formula is C24H25N3O5. The third-order valence-electron chi connectivity index (χ3n) is 5.59. The second-order valence-corrected chi connectivity index (χ2v) is 7.38. The molecule has 0 amide bonds. The Hall–Kier alpha value is -3.81. The van der Waals surface area contributed by atoms with Crippen molar-refractivity contribution < 1.29 is 24.2 Å². The van der Waals surface area contributed by atoms with Gasteiger partial charge in [0.05, 0.1) is 21.3 Å². The van der Waals surface area contributed by atoms with Crippen LogP contribution in [0.2, 0.25) is 0 Å². The zero-order chi connectivity index (χ0) is 22.8. The molecule has 3 aromatic rings. The van der Waals surface area contributed by atoms with Gasteiger partial charge in [-0.25, -0.2) is 4.98 Å². The van der Waals surface area contributed by atoms with Crippen LogP contribution in [0.5, 0.6) is 17.2 Å². The Morgan fingerprint density at radius 3 is 2.25 bits per heavy atom. The quantitative estimate of drug-likeness (QED) is 0.346. The average Bonchev–Trinajstić information content (AvgIpc) is 3.21. The SMILES string of the molecule is CCCCn1c(-c2cc(OC)c(OC)c(OC)c2)nc2c1C(=O)c1ccccc1C2=NO. The monoisotopic (exact) mass is 435 g/mol. The summed E-state index contributed by atoms with van der Waals surface area (Å²) in [5.74, 6) is 1.85. The number of fused-ring (bicyclic) bond motifs is 2. The van der Waals surface area contributed by atoms with Gasteiger partial charge in [-0.2, -0.15) is 0 Å². The summed E-state index contributed by atoms with van der Waals surface area (Å²) in [7, 11) is 4.64. The number of oxime groups is 1. The minimum atomic E-state index is -0.148. The second-order valence-electron chi connectivity index (χ2n) is 7.38. The van der Waals surface area contributed by atoms with E-state index in [4.69, 9.17) is 19.2 Å². The van der Waals surface area contributed by atoms with E-state index in [0.717, 1.165) is 12.8 Å². The normalized spacial score (nSPS) is 13.6. The molecule has 0 aliphatic heterocycles. The Balaban J connectivity index is 2.00. The number of hydrogen-bond donors (Lipinski definition) is 1. The van der Waals surface area contributed by atoms with E-state index >= 15 is 0 Å². The van der Waals surface area contributed by atoms with Crippen LogP contribution in [0, 0.1) is 0 Å². The average molecular weight is 435 g/mol. The summed E-state index contributed by atoms with van der Waals surface area (Å²) >= 11 is 0. The number of carbonyl (C=O) groups is 1. The molecule has 8 nitrogen and oxygen atoms in total. The van der Waals surface area contributed by atoms with E-state index < -0.39 is 0 Å². The van der Waals surface area contributed by atoms with Gasteiger partial charge in [-0.3, -0.25) is 4.79 Å². The number of ether oxygens (including phenoxy) is 3. The Morgan fingerprint density at radius 2 is 1.69 bits per heavy atom. The highest BCUT2D eigenvalue weighted by Crippen LogP contribution is 2.42. The van der Waals surface area contributed by atoms with Gasteiger partial charge in [-0.05, 0) is 18.6 Å². The number of hydrogen-bond acceptors (Lipinski definition) is 7. The lowest BCUT2D eigenvalue weighted by Gasteiger charge is -2.18. The molecular weight excluding hydrogens is 410 g/mol. The minimum absolute atomic E-state index is 0.148. The zero-order valence-electron chi connectivity index (χ0n) is 18.5. The number of carbonyl (C=O) groups excluding carboxylic acids is 1.